The number of H-pyrrole nitrogens is 2. The quantitative estimate of drug-likeness (QED) is 0.502. The monoisotopic (exact) mass is 390 g/mol. The van der Waals surface area contributed by atoms with Crippen LogP contribution in [0.4, 0.5) is 4.39 Å². The van der Waals surface area contributed by atoms with Gasteiger partial charge in [0.25, 0.3) is 5.56 Å². The molecule has 2 heterocycles. The molecule has 4 rings (SSSR count). The summed E-state index contributed by atoms with van der Waals surface area (Å²) in [6, 6.07) is 13.9. The predicted molar refractivity (Wildman–Crippen MR) is 104 cm³/mol. The zero-order valence-electron chi connectivity index (χ0n) is 15.3. The number of aromatic amines is 2. The molecule has 0 saturated carbocycles. The number of ketones is 1. The molecule has 0 atom stereocenters. The van der Waals surface area contributed by atoms with Crippen LogP contribution in [0.2, 0.25) is 0 Å². The third-order valence-corrected chi connectivity index (χ3v) is 4.25. The second-order valence-corrected chi connectivity index (χ2v) is 6.25. The van der Waals surface area contributed by atoms with Crippen LogP contribution in [0.3, 0.4) is 0 Å². The molecular formula is C21H15FN4O3. The minimum absolute atomic E-state index is 0.0512. The Morgan fingerprint density at radius 3 is 2.62 bits per heavy atom. The van der Waals surface area contributed by atoms with Gasteiger partial charge in [-0.3, -0.25) is 19.8 Å². The molecule has 2 N–H and O–H groups in total. The molecule has 0 saturated heterocycles. The van der Waals surface area contributed by atoms with Gasteiger partial charge in [-0.25, -0.2) is 9.37 Å². The molecule has 2 aromatic heterocycles. The molecule has 8 heteroatoms. The molecule has 0 fully saturated rings. The maximum absolute atomic E-state index is 13.2. The van der Waals surface area contributed by atoms with Gasteiger partial charge in [0.2, 0.25) is 0 Å². The molecule has 0 amide bonds. The summed E-state index contributed by atoms with van der Waals surface area (Å²) in [7, 11) is 0. The molecule has 0 bridgehead atoms. The lowest BCUT2D eigenvalue weighted by Gasteiger charge is -2.07. The van der Waals surface area contributed by atoms with E-state index in [0.29, 0.717) is 33.8 Å². The summed E-state index contributed by atoms with van der Waals surface area (Å²) in [5.41, 5.74) is 1.85. The van der Waals surface area contributed by atoms with Crippen molar-refractivity contribution in [2.24, 2.45) is 0 Å². The minimum atomic E-state index is -0.396. The fourth-order valence-corrected chi connectivity index (χ4v) is 2.86. The van der Waals surface area contributed by atoms with Gasteiger partial charge in [-0.2, -0.15) is 4.98 Å². The van der Waals surface area contributed by atoms with E-state index < -0.39 is 5.82 Å². The first kappa shape index (κ1) is 18.3. The maximum Gasteiger partial charge on any atom is 0.322 e. The first-order chi connectivity index (χ1) is 14.0. The number of aromatic nitrogens is 4. The maximum atomic E-state index is 13.2. The summed E-state index contributed by atoms with van der Waals surface area (Å²) >= 11 is 0. The molecule has 2 aromatic carbocycles. The zero-order valence-corrected chi connectivity index (χ0v) is 15.3. The Bertz CT molecular complexity index is 1250. The summed E-state index contributed by atoms with van der Waals surface area (Å²) < 4.78 is 18.9. The second kappa shape index (κ2) is 7.51. The lowest BCUT2D eigenvalue weighted by atomic mass is 10.0. The van der Waals surface area contributed by atoms with E-state index >= 15 is 0 Å². The van der Waals surface area contributed by atoms with E-state index in [2.05, 4.69) is 20.2 Å². The van der Waals surface area contributed by atoms with E-state index in [1.54, 1.807) is 30.3 Å². The Hall–Kier alpha value is -4.07. The van der Waals surface area contributed by atoms with Crippen molar-refractivity contribution in [1.82, 2.24) is 20.2 Å². The standard InChI is InChI=1S/C21H15FN4O3/c1-12(27)14-3-2-4-16(11-14)29-21-23-10-9-17(24-21)19-18(20(28)26-25-19)13-5-7-15(22)8-6-13/h2-11H,1H3,(H2,25,26,28). The van der Waals surface area contributed by atoms with Gasteiger partial charge in [-0.05, 0) is 42.8 Å². The van der Waals surface area contributed by atoms with Crippen LogP contribution in [0.25, 0.3) is 22.5 Å². The van der Waals surface area contributed by atoms with Crippen molar-refractivity contribution in [3.63, 3.8) is 0 Å². The number of rotatable bonds is 5. The summed E-state index contributed by atoms with van der Waals surface area (Å²) in [4.78, 5) is 32.3. The molecule has 144 valence electrons. The Balaban J connectivity index is 1.70. The predicted octanol–water partition coefficient (Wildman–Crippen LogP) is 3.96. The highest BCUT2D eigenvalue weighted by Crippen LogP contribution is 2.28. The number of nitrogens with zero attached hydrogens (tertiary/aromatic N) is 2. The largest absolute Gasteiger partial charge is 0.424 e. The fourth-order valence-electron chi connectivity index (χ4n) is 2.86. The number of hydrogen-bond donors (Lipinski definition) is 2. The lowest BCUT2D eigenvalue weighted by Crippen LogP contribution is -2.02. The third-order valence-electron chi connectivity index (χ3n) is 4.25. The first-order valence-corrected chi connectivity index (χ1v) is 8.70. The Kier molecular flexibility index (Phi) is 4.74. The normalized spacial score (nSPS) is 10.7. The topological polar surface area (TPSA) is 101 Å². The van der Waals surface area contributed by atoms with Crippen molar-refractivity contribution in [1.29, 1.82) is 0 Å². The van der Waals surface area contributed by atoms with Crippen LogP contribution in [-0.2, 0) is 0 Å². The van der Waals surface area contributed by atoms with E-state index in [0.717, 1.165) is 0 Å². The highest BCUT2D eigenvalue weighted by Gasteiger charge is 2.16. The Morgan fingerprint density at radius 2 is 1.86 bits per heavy atom. The molecule has 4 aromatic rings. The van der Waals surface area contributed by atoms with E-state index in [4.69, 9.17) is 4.74 Å². The van der Waals surface area contributed by atoms with Crippen molar-refractivity contribution < 1.29 is 13.9 Å². The molecule has 0 aliphatic carbocycles. The van der Waals surface area contributed by atoms with E-state index in [9.17, 15) is 14.0 Å². The van der Waals surface area contributed by atoms with Gasteiger partial charge in [0.15, 0.2) is 5.78 Å². The highest BCUT2D eigenvalue weighted by molar-refractivity contribution is 5.94. The van der Waals surface area contributed by atoms with Crippen molar-refractivity contribution in [3.8, 4) is 34.3 Å². The molecule has 29 heavy (non-hydrogen) atoms. The number of benzene rings is 2. The minimum Gasteiger partial charge on any atom is -0.424 e. The van der Waals surface area contributed by atoms with E-state index in [1.807, 2.05) is 0 Å². The number of Topliss-reactive ketones (excluding diaryl/α,β-unsaturated/α-hetero) is 1. The van der Waals surface area contributed by atoms with E-state index in [1.165, 1.54) is 37.4 Å². The number of nitrogens with one attached hydrogen (secondary N) is 2. The Morgan fingerprint density at radius 1 is 1.07 bits per heavy atom. The number of halogens is 1. The molecule has 7 nitrogen and oxygen atoms in total. The highest BCUT2D eigenvalue weighted by atomic mass is 19.1. The number of carbonyl (C=O) groups excluding carboxylic acids is 1. The molecule has 0 aliphatic rings. The molecule has 0 spiro atoms. The van der Waals surface area contributed by atoms with Crippen molar-refractivity contribution in [3.05, 3.63) is 82.5 Å². The summed E-state index contributed by atoms with van der Waals surface area (Å²) in [6.07, 6.45) is 1.49. The van der Waals surface area contributed by atoms with Crippen LogP contribution in [0.5, 0.6) is 11.8 Å². The van der Waals surface area contributed by atoms with Crippen LogP contribution in [0.15, 0.2) is 65.6 Å². The number of ether oxygens (including phenoxy) is 1. The van der Waals surface area contributed by atoms with Gasteiger partial charge in [0.05, 0.1) is 17.0 Å². The summed E-state index contributed by atoms with van der Waals surface area (Å²) in [5.74, 6) is -0.0668. The Labute approximate surface area is 164 Å². The van der Waals surface area contributed by atoms with Crippen LogP contribution in [0.1, 0.15) is 17.3 Å². The number of hydrogen-bond acceptors (Lipinski definition) is 5. The third kappa shape index (κ3) is 3.81. The average molecular weight is 390 g/mol. The molecule has 0 aliphatic heterocycles. The van der Waals surface area contributed by atoms with E-state index in [-0.39, 0.29) is 17.4 Å². The summed E-state index contributed by atoms with van der Waals surface area (Å²) in [6.45, 7) is 1.47. The zero-order chi connectivity index (χ0) is 20.4. The van der Waals surface area contributed by atoms with Crippen LogP contribution >= 0.6 is 0 Å². The van der Waals surface area contributed by atoms with Gasteiger partial charge in [0, 0.05) is 11.8 Å². The average Bonchev–Trinajstić information content (AvgIpc) is 3.10. The smallest absolute Gasteiger partial charge is 0.322 e. The van der Waals surface area contributed by atoms with Crippen molar-refractivity contribution >= 4 is 5.78 Å². The van der Waals surface area contributed by atoms with Gasteiger partial charge in [-0.15, -0.1) is 0 Å². The van der Waals surface area contributed by atoms with Gasteiger partial charge < -0.3 is 4.74 Å². The SMILES string of the molecule is CC(=O)c1cccc(Oc2nccc(-c3[nH][nH]c(=O)c3-c3ccc(F)cc3)n2)c1. The van der Waals surface area contributed by atoms with Crippen LogP contribution < -0.4 is 10.3 Å². The lowest BCUT2D eigenvalue weighted by molar-refractivity contribution is 0.101. The van der Waals surface area contributed by atoms with Gasteiger partial charge in [0.1, 0.15) is 11.6 Å². The van der Waals surface area contributed by atoms with Gasteiger partial charge in [-0.1, -0.05) is 24.3 Å². The van der Waals surface area contributed by atoms with Crippen LogP contribution in [0, 0.1) is 5.82 Å². The molecule has 0 unspecified atom stereocenters. The molecular weight excluding hydrogens is 375 g/mol. The number of carbonyl (C=O) groups is 1. The first-order valence-electron chi connectivity index (χ1n) is 8.70. The van der Waals surface area contributed by atoms with Crippen LogP contribution in [-0.4, -0.2) is 25.9 Å². The second-order valence-electron chi connectivity index (χ2n) is 6.25. The van der Waals surface area contributed by atoms with Gasteiger partial charge >= 0.3 is 6.01 Å². The fraction of sp³-hybridized carbons (Fsp3) is 0.0476. The molecule has 0 radical (unpaired) electrons. The summed E-state index contributed by atoms with van der Waals surface area (Å²) in [5, 5.41) is 5.32. The van der Waals surface area contributed by atoms with Crippen molar-refractivity contribution in [2.75, 3.05) is 0 Å². The van der Waals surface area contributed by atoms with Crippen molar-refractivity contribution in [2.45, 2.75) is 6.92 Å².